The molecule has 82 valence electrons. The lowest BCUT2D eigenvalue weighted by molar-refractivity contribution is 0.756. The van der Waals surface area contributed by atoms with Gasteiger partial charge in [0.25, 0.3) is 5.56 Å². The standard InChI is InChI=1S/C10H15N3OS/c1-2-3-15-6-9-12-8-5-11-4-7(8)10(14)13-9/h11H,2-6H2,1H3,(H,12,13,14). The minimum atomic E-state index is 0.0251. The van der Waals surface area contributed by atoms with Crippen LogP contribution in [0.5, 0.6) is 0 Å². The summed E-state index contributed by atoms with van der Waals surface area (Å²) in [5, 5.41) is 3.13. The summed E-state index contributed by atoms with van der Waals surface area (Å²) in [5.41, 5.74) is 1.75. The molecule has 0 saturated carbocycles. The predicted octanol–water partition coefficient (Wildman–Crippen LogP) is 1.02. The Hall–Kier alpha value is -0.810. The van der Waals surface area contributed by atoms with E-state index in [1.807, 2.05) is 11.8 Å². The van der Waals surface area contributed by atoms with Gasteiger partial charge in [0.2, 0.25) is 0 Å². The Morgan fingerprint density at radius 1 is 1.47 bits per heavy atom. The first-order chi connectivity index (χ1) is 7.31. The van der Waals surface area contributed by atoms with Crippen LogP contribution in [0.1, 0.15) is 30.4 Å². The van der Waals surface area contributed by atoms with E-state index >= 15 is 0 Å². The molecule has 0 unspecified atom stereocenters. The Morgan fingerprint density at radius 2 is 2.33 bits per heavy atom. The second-order valence-electron chi connectivity index (χ2n) is 3.59. The quantitative estimate of drug-likeness (QED) is 0.751. The first-order valence-electron chi connectivity index (χ1n) is 5.20. The third-order valence-electron chi connectivity index (χ3n) is 2.33. The van der Waals surface area contributed by atoms with E-state index in [-0.39, 0.29) is 5.56 Å². The van der Waals surface area contributed by atoms with Gasteiger partial charge >= 0.3 is 0 Å². The Kier molecular flexibility index (Phi) is 3.43. The largest absolute Gasteiger partial charge is 0.310 e. The van der Waals surface area contributed by atoms with Gasteiger partial charge in [-0.05, 0) is 12.2 Å². The topological polar surface area (TPSA) is 57.8 Å². The molecule has 0 atom stereocenters. The van der Waals surface area contributed by atoms with Crippen LogP contribution in [0.2, 0.25) is 0 Å². The summed E-state index contributed by atoms with van der Waals surface area (Å²) >= 11 is 1.81. The highest BCUT2D eigenvalue weighted by molar-refractivity contribution is 7.98. The zero-order valence-corrected chi connectivity index (χ0v) is 9.62. The Bertz CT molecular complexity index is 402. The van der Waals surface area contributed by atoms with Crippen LogP contribution in [0.25, 0.3) is 0 Å². The SMILES string of the molecule is CCCSCc1nc2c(c(=O)[nH]1)CNC2. The van der Waals surface area contributed by atoms with Gasteiger partial charge in [0.05, 0.1) is 17.0 Å². The highest BCUT2D eigenvalue weighted by Gasteiger charge is 2.16. The van der Waals surface area contributed by atoms with E-state index in [4.69, 9.17) is 0 Å². The molecule has 1 aliphatic rings. The van der Waals surface area contributed by atoms with Gasteiger partial charge in [-0.3, -0.25) is 4.79 Å². The molecule has 15 heavy (non-hydrogen) atoms. The number of nitrogens with zero attached hydrogens (tertiary/aromatic N) is 1. The van der Waals surface area contributed by atoms with Crippen molar-refractivity contribution in [3.63, 3.8) is 0 Å². The normalized spacial score (nSPS) is 14.2. The second-order valence-corrected chi connectivity index (χ2v) is 4.70. The van der Waals surface area contributed by atoms with Crippen LogP contribution in [0.3, 0.4) is 0 Å². The van der Waals surface area contributed by atoms with E-state index in [0.29, 0.717) is 6.54 Å². The number of nitrogens with one attached hydrogen (secondary N) is 2. The van der Waals surface area contributed by atoms with E-state index < -0.39 is 0 Å². The number of H-pyrrole nitrogens is 1. The van der Waals surface area contributed by atoms with Crippen molar-refractivity contribution < 1.29 is 0 Å². The Balaban J connectivity index is 2.13. The lowest BCUT2D eigenvalue weighted by Crippen LogP contribution is -2.17. The van der Waals surface area contributed by atoms with Crippen LogP contribution in [-0.4, -0.2) is 15.7 Å². The van der Waals surface area contributed by atoms with Gasteiger partial charge in [0.15, 0.2) is 0 Å². The van der Waals surface area contributed by atoms with Crippen molar-refractivity contribution in [3.8, 4) is 0 Å². The van der Waals surface area contributed by atoms with Crippen LogP contribution in [0.15, 0.2) is 4.79 Å². The van der Waals surface area contributed by atoms with Crippen LogP contribution in [-0.2, 0) is 18.8 Å². The van der Waals surface area contributed by atoms with Crippen molar-refractivity contribution in [2.45, 2.75) is 32.2 Å². The second kappa shape index (κ2) is 4.81. The monoisotopic (exact) mass is 225 g/mol. The number of rotatable bonds is 4. The van der Waals surface area contributed by atoms with Crippen molar-refractivity contribution >= 4 is 11.8 Å². The molecule has 1 aliphatic heterocycles. The zero-order valence-electron chi connectivity index (χ0n) is 8.80. The average molecular weight is 225 g/mol. The summed E-state index contributed by atoms with van der Waals surface area (Å²) in [7, 11) is 0. The van der Waals surface area contributed by atoms with Crippen molar-refractivity contribution in [3.05, 3.63) is 27.4 Å². The summed E-state index contributed by atoms with van der Waals surface area (Å²) < 4.78 is 0. The first-order valence-corrected chi connectivity index (χ1v) is 6.36. The number of aromatic nitrogens is 2. The van der Waals surface area contributed by atoms with E-state index in [1.165, 1.54) is 0 Å². The van der Waals surface area contributed by atoms with E-state index in [1.54, 1.807) is 0 Å². The van der Waals surface area contributed by atoms with E-state index in [9.17, 15) is 4.79 Å². The maximum Gasteiger partial charge on any atom is 0.255 e. The van der Waals surface area contributed by atoms with Crippen LogP contribution in [0.4, 0.5) is 0 Å². The summed E-state index contributed by atoms with van der Waals surface area (Å²) in [6.45, 7) is 3.53. The molecule has 0 aromatic carbocycles. The molecule has 2 rings (SSSR count). The molecule has 0 radical (unpaired) electrons. The van der Waals surface area contributed by atoms with Gasteiger partial charge in [0.1, 0.15) is 5.82 Å². The summed E-state index contributed by atoms with van der Waals surface area (Å²) in [5.74, 6) is 2.72. The van der Waals surface area contributed by atoms with Gasteiger partial charge < -0.3 is 10.3 Å². The molecular weight excluding hydrogens is 210 g/mol. The molecule has 1 aromatic heterocycles. The smallest absolute Gasteiger partial charge is 0.255 e. The van der Waals surface area contributed by atoms with Crippen molar-refractivity contribution in [2.24, 2.45) is 0 Å². The molecule has 1 aromatic rings. The Morgan fingerprint density at radius 3 is 3.13 bits per heavy atom. The molecule has 0 saturated heterocycles. The number of hydrogen-bond acceptors (Lipinski definition) is 4. The molecule has 0 amide bonds. The van der Waals surface area contributed by atoms with Gasteiger partial charge in [-0.2, -0.15) is 11.8 Å². The number of thioether (sulfide) groups is 1. The van der Waals surface area contributed by atoms with Gasteiger partial charge in [0, 0.05) is 13.1 Å². The number of aromatic amines is 1. The maximum absolute atomic E-state index is 11.6. The average Bonchev–Trinajstić information content (AvgIpc) is 2.66. The van der Waals surface area contributed by atoms with E-state index in [2.05, 4.69) is 22.2 Å². The lowest BCUT2D eigenvalue weighted by Gasteiger charge is -2.02. The van der Waals surface area contributed by atoms with Crippen LogP contribution in [0, 0.1) is 0 Å². The van der Waals surface area contributed by atoms with Crippen molar-refractivity contribution in [1.29, 1.82) is 0 Å². The van der Waals surface area contributed by atoms with Gasteiger partial charge in [-0.25, -0.2) is 4.98 Å². The summed E-state index contributed by atoms with van der Waals surface area (Å²) in [4.78, 5) is 18.9. The molecule has 0 aliphatic carbocycles. The molecule has 0 bridgehead atoms. The van der Waals surface area contributed by atoms with Crippen molar-refractivity contribution in [2.75, 3.05) is 5.75 Å². The molecule has 0 fully saturated rings. The Labute approximate surface area is 92.9 Å². The molecule has 5 heteroatoms. The minimum Gasteiger partial charge on any atom is -0.310 e. The van der Waals surface area contributed by atoms with Gasteiger partial charge in [-0.1, -0.05) is 6.92 Å². The van der Waals surface area contributed by atoms with E-state index in [0.717, 1.165) is 41.6 Å². The van der Waals surface area contributed by atoms with Crippen molar-refractivity contribution in [1.82, 2.24) is 15.3 Å². The van der Waals surface area contributed by atoms with Crippen LogP contribution >= 0.6 is 11.8 Å². The van der Waals surface area contributed by atoms with Gasteiger partial charge in [-0.15, -0.1) is 0 Å². The maximum atomic E-state index is 11.6. The highest BCUT2D eigenvalue weighted by atomic mass is 32.2. The predicted molar refractivity (Wildman–Crippen MR) is 61.9 cm³/mol. The molecule has 2 N–H and O–H groups in total. The third kappa shape index (κ3) is 2.41. The number of fused-ring (bicyclic) bond motifs is 1. The molecule has 2 heterocycles. The number of hydrogen-bond donors (Lipinski definition) is 2. The highest BCUT2D eigenvalue weighted by Crippen LogP contribution is 2.12. The molecule has 4 nitrogen and oxygen atoms in total. The molecular formula is C10H15N3OS. The fraction of sp³-hybridized carbons (Fsp3) is 0.600. The lowest BCUT2D eigenvalue weighted by atomic mass is 10.3. The zero-order chi connectivity index (χ0) is 10.7. The minimum absolute atomic E-state index is 0.0251. The first kappa shape index (κ1) is 10.7. The summed E-state index contributed by atoms with van der Waals surface area (Å²) in [6, 6.07) is 0. The van der Waals surface area contributed by atoms with Crippen LogP contribution < -0.4 is 10.9 Å². The fourth-order valence-corrected chi connectivity index (χ4v) is 2.37. The summed E-state index contributed by atoms with van der Waals surface area (Å²) in [6.07, 6.45) is 1.15. The molecule has 0 spiro atoms. The third-order valence-corrected chi connectivity index (χ3v) is 3.51. The fourth-order valence-electron chi connectivity index (χ4n) is 1.61.